The maximum Gasteiger partial charge on any atom is 0.357 e. The van der Waals surface area contributed by atoms with Crippen molar-refractivity contribution < 1.29 is 14.3 Å². The number of anilines is 1. The van der Waals surface area contributed by atoms with E-state index in [9.17, 15) is 4.79 Å². The van der Waals surface area contributed by atoms with Gasteiger partial charge in [-0.05, 0) is 18.6 Å². The predicted molar refractivity (Wildman–Crippen MR) is 59.8 cm³/mol. The van der Waals surface area contributed by atoms with E-state index >= 15 is 0 Å². The number of nitrogens with zero attached hydrogens (tertiary/aromatic N) is 2. The van der Waals surface area contributed by atoms with E-state index in [0.29, 0.717) is 6.54 Å². The summed E-state index contributed by atoms with van der Waals surface area (Å²) in [6.07, 6.45) is 2.79. The second-order valence-corrected chi connectivity index (χ2v) is 3.46. The molecule has 0 saturated carbocycles. The molecule has 2 heterocycles. The Hall–Kier alpha value is -2.37. The Kier molecular flexibility index (Phi) is 3.04. The smallest absolute Gasteiger partial charge is 0.357 e. The maximum absolute atomic E-state index is 10.6. The Balaban J connectivity index is 2.02. The minimum atomic E-state index is -1.11. The summed E-state index contributed by atoms with van der Waals surface area (Å²) in [7, 11) is 0. The van der Waals surface area contributed by atoms with Crippen LogP contribution in [0.3, 0.4) is 0 Å². The van der Waals surface area contributed by atoms with Gasteiger partial charge in [0.05, 0.1) is 12.2 Å². The molecule has 6 nitrogen and oxygen atoms in total. The molecule has 2 rings (SSSR count). The van der Waals surface area contributed by atoms with Gasteiger partial charge in [-0.2, -0.15) is 4.98 Å². The summed E-state index contributed by atoms with van der Waals surface area (Å²) in [5.74, 6) is -1.11. The van der Waals surface area contributed by atoms with Crippen molar-refractivity contribution in [2.24, 2.45) is 0 Å². The summed E-state index contributed by atoms with van der Waals surface area (Å²) in [6.45, 7) is 2.38. The fourth-order valence-corrected chi connectivity index (χ4v) is 1.32. The molecule has 0 aliphatic carbocycles. The van der Waals surface area contributed by atoms with E-state index in [0.717, 1.165) is 17.5 Å². The van der Waals surface area contributed by atoms with Crippen LogP contribution in [0.4, 0.5) is 6.01 Å². The van der Waals surface area contributed by atoms with Crippen molar-refractivity contribution in [3.05, 3.63) is 41.5 Å². The van der Waals surface area contributed by atoms with E-state index in [1.807, 2.05) is 19.1 Å². The van der Waals surface area contributed by atoms with Crippen LogP contribution in [0.15, 0.2) is 29.0 Å². The van der Waals surface area contributed by atoms with Gasteiger partial charge in [0.15, 0.2) is 5.69 Å². The Morgan fingerprint density at radius 3 is 3.06 bits per heavy atom. The number of aryl methyl sites for hydroxylation is 1. The van der Waals surface area contributed by atoms with Gasteiger partial charge in [0, 0.05) is 6.20 Å². The standard InChI is InChI=1S/C11H11N3O3/c1-7-3-2-4-12-8(7)5-13-11-14-9(6-17-11)10(15)16/h2-4,6H,5H2,1H3,(H,13,14)(H,15,16). The summed E-state index contributed by atoms with van der Waals surface area (Å²) in [4.78, 5) is 18.5. The van der Waals surface area contributed by atoms with Crippen LogP contribution in [0.5, 0.6) is 0 Å². The minimum absolute atomic E-state index is 0.120. The molecule has 0 aliphatic rings. The quantitative estimate of drug-likeness (QED) is 0.835. The average Bonchev–Trinajstić information content (AvgIpc) is 2.77. The van der Waals surface area contributed by atoms with E-state index in [2.05, 4.69) is 15.3 Å². The van der Waals surface area contributed by atoms with Gasteiger partial charge < -0.3 is 14.8 Å². The third-order valence-corrected chi connectivity index (χ3v) is 2.25. The summed E-state index contributed by atoms with van der Waals surface area (Å²) in [5, 5.41) is 11.5. The molecule has 0 unspecified atom stereocenters. The highest BCUT2D eigenvalue weighted by atomic mass is 16.4. The highest BCUT2D eigenvalue weighted by Crippen LogP contribution is 2.10. The van der Waals surface area contributed by atoms with Crippen molar-refractivity contribution in [3.63, 3.8) is 0 Å². The third-order valence-electron chi connectivity index (χ3n) is 2.25. The molecule has 88 valence electrons. The first kappa shape index (κ1) is 11.1. The van der Waals surface area contributed by atoms with Crippen LogP contribution in [0.25, 0.3) is 0 Å². The Bertz CT molecular complexity index is 536. The van der Waals surface area contributed by atoms with E-state index in [1.165, 1.54) is 0 Å². The van der Waals surface area contributed by atoms with Crippen LogP contribution in [0.2, 0.25) is 0 Å². The Morgan fingerprint density at radius 1 is 1.59 bits per heavy atom. The van der Waals surface area contributed by atoms with Crippen molar-refractivity contribution in [3.8, 4) is 0 Å². The molecule has 2 aromatic heterocycles. The number of aromatic carboxylic acids is 1. The highest BCUT2D eigenvalue weighted by molar-refractivity contribution is 5.85. The van der Waals surface area contributed by atoms with Gasteiger partial charge in [0.2, 0.25) is 0 Å². The lowest BCUT2D eigenvalue weighted by Gasteiger charge is -2.03. The summed E-state index contributed by atoms with van der Waals surface area (Å²) < 4.78 is 4.96. The zero-order chi connectivity index (χ0) is 12.3. The molecule has 0 bridgehead atoms. The zero-order valence-corrected chi connectivity index (χ0v) is 9.17. The van der Waals surface area contributed by atoms with Gasteiger partial charge in [-0.15, -0.1) is 0 Å². The van der Waals surface area contributed by atoms with Gasteiger partial charge in [-0.25, -0.2) is 4.79 Å². The molecule has 0 atom stereocenters. The SMILES string of the molecule is Cc1cccnc1CNc1nc(C(=O)O)co1. The normalized spacial score (nSPS) is 10.2. The van der Waals surface area contributed by atoms with Crippen LogP contribution in [-0.2, 0) is 6.54 Å². The maximum atomic E-state index is 10.6. The summed E-state index contributed by atoms with van der Waals surface area (Å²) in [6, 6.07) is 3.97. The summed E-state index contributed by atoms with van der Waals surface area (Å²) in [5.41, 5.74) is 1.79. The van der Waals surface area contributed by atoms with Crippen molar-refractivity contribution in [1.29, 1.82) is 0 Å². The fourth-order valence-electron chi connectivity index (χ4n) is 1.32. The number of hydrogen-bond donors (Lipinski definition) is 2. The topological polar surface area (TPSA) is 88.2 Å². The number of rotatable bonds is 4. The lowest BCUT2D eigenvalue weighted by Crippen LogP contribution is -2.04. The lowest BCUT2D eigenvalue weighted by atomic mass is 10.2. The van der Waals surface area contributed by atoms with Crippen molar-refractivity contribution in [2.45, 2.75) is 13.5 Å². The van der Waals surface area contributed by atoms with E-state index in [-0.39, 0.29) is 11.7 Å². The fraction of sp³-hybridized carbons (Fsp3) is 0.182. The number of hydrogen-bond acceptors (Lipinski definition) is 5. The first-order chi connectivity index (χ1) is 8.16. The van der Waals surface area contributed by atoms with Gasteiger partial charge >= 0.3 is 5.97 Å². The third kappa shape index (κ3) is 2.60. The van der Waals surface area contributed by atoms with Gasteiger partial charge in [0.1, 0.15) is 6.26 Å². The molecule has 0 aliphatic heterocycles. The second-order valence-electron chi connectivity index (χ2n) is 3.46. The van der Waals surface area contributed by atoms with Gasteiger partial charge in [0.25, 0.3) is 6.01 Å². The first-order valence-electron chi connectivity index (χ1n) is 5.00. The molecular weight excluding hydrogens is 222 g/mol. The van der Waals surface area contributed by atoms with E-state index in [4.69, 9.17) is 9.52 Å². The van der Waals surface area contributed by atoms with Crippen LogP contribution < -0.4 is 5.32 Å². The summed E-state index contributed by atoms with van der Waals surface area (Å²) >= 11 is 0. The molecule has 0 radical (unpaired) electrons. The van der Waals surface area contributed by atoms with E-state index in [1.54, 1.807) is 6.20 Å². The number of carbonyl (C=O) groups is 1. The molecule has 0 aromatic carbocycles. The van der Waals surface area contributed by atoms with Crippen LogP contribution in [0, 0.1) is 6.92 Å². The predicted octanol–water partition coefficient (Wildman–Crippen LogP) is 1.69. The van der Waals surface area contributed by atoms with Crippen molar-refractivity contribution >= 4 is 12.0 Å². The Morgan fingerprint density at radius 2 is 2.41 bits per heavy atom. The highest BCUT2D eigenvalue weighted by Gasteiger charge is 2.10. The van der Waals surface area contributed by atoms with Crippen molar-refractivity contribution in [2.75, 3.05) is 5.32 Å². The number of nitrogens with one attached hydrogen (secondary N) is 1. The van der Waals surface area contributed by atoms with Crippen LogP contribution >= 0.6 is 0 Å². The minimum Gasteiger partial charge on any atom is -0.476 e. The largest absolute Gasteiger partial charge is 0.476 e. The van der Waals surface area contributed by atoms with Crippen LogP contribution in [0.1, 0.15) is 21.7 Å². The molecule has 17 heavy (non-hydrogen) atoms. The molecule has 2 aromatic rings. The number of carboxylic acids is 1. The molecular formula is C11H11N3O3. The number of pyridine rings is 1. The van der Waals surface area contributed by atoms with E-state index < -0.39 is 5.97 Å². The monoisotopic (exact) mass is 233 g/mol. The molecule has 0 fully saturated rings. The average molecular weight is 233 g/mol. The number of carboxylic acid groups (broad SMARTS) is 1. The van der Waals surface area contributed by atoms with Gasteiger partial charge in [-0.1, -0.05) is 6.07 Å². The zero-order valence-electron chi connectivity index (χ0n) is 9.17. The second kappa shape index (κ2) is 4.65. The molecule has 2 N–H and O–H groups in total. The van der Waals surface area contributed by atoms with Crippen molar-refractivity contribution in [1.82, 2.24) is 9.97 Å². The molecule has 0 saturated heterocycles. The van der Waals surface area contributed by atoms with Gasteiger partial charge in [-0.3, -0.25) is 4.98 Å². The lowest BCUT2D eigenvalue weighted by molar-refractivity contribution is 0.0690. The molecule has 0 spiro atoms. The molecule has 0 amide bonds. The number of oxazole rings is 1. The first-order valence-corrected chi connectivity index (χ1v) is 5.00. The van der Waals surface area contributed by atoms with Crippen LogP contribution in [-0.4, -0.2) is 21.0 Å². The number of aromatic nitrogens is 2. The molecule has 6 heteroatoms. The Labute approximate surface area is 97.3 Å².